The van der Waals surface area contributed by atoms with Crippen molar-refractivity contribution < 1.29 is 9.47 Å². The van der Waals surface area contributed by atoms with E-state index in [-0.39, 0.29) is 0 Å². The van der Waals surface area contributed by atoms with E-state index in [2.05, 4.69) is 21.8 Å². The van der Waals surface area contributed by atoms with Crippen molar-refractivity contribution in [3.8, 4) is 23.3 Å². The second-order valence-corrected chi connectivity index (χ2v) is 4.89. The van der Waals surface area contributed by atoms with Gasteiger partial charge in [-0.1, -0.05) is 5.92 Å². The molecule has 6 heteroatoms. The number of nitrogens with two attached hydrogens (primary N) is 1. The van der Waals surface area contributed by atoms with Crippen LogP contribution in [-0.2, 0) is 0 Å². The summed E-state index contributed by atoms with van der Waals surface area (Å²) in [4.78, 5) is 8.56. The molecule has 116 valence electrons. The predicted molar refractivity (Wildman–Crippen MR) is 87.7 cm³/mol. The number of fused-ring (bicyclic) bond motifs is 1. The van der Waals surface area contributed by atoms with Crippen molar-refractivity contribution in [2.75, 3.05) is 20.0 Å². The monoisotopic (exact) mass is 308 g/mol. The molecule has 0 aliphatic carbocycles. The van der Waals surface area contributed by atoms with Crippen LogP contribution >= 0.6 is 0 Å². The quantitative estimate of drug-likeness (QED) is 0.733. The lowest BCUT2D eigenvalue weighted by atomic mass is 10.2. The van der Waals surface area contributed by atoms with Gasteiger partial charge in [-0.15, -0.1) is 0 Å². The van der Waals surface area contributed by atoms with Gasteiger partial charge in [0.1, 0.15) is 28.5 Å². The van der Waals surface area contributed by atoms with Crippen LogP contribution in [0.4, 0.5) is 5.82 Å². The van der Waals surface area contributed by atoms with Crippen molar-refractivity contribution in [1.82, 2.24) is 14.4 Å². The first-order chi connectivity index (χ1) is 11.1. The van der Waals surface area contributed by atoms with E-state index in [9.17, 15) is 0 Å². The minimum atomic E-state index is 0.403. The zero-order chi connectivity index (χ0) is 16.4. The molecule has 0 saturated heterocycles. The van der Waals surface area contributed by atoms with Gasteiger partial charge in [-0.25, -0.2) is 9.97 Å². The zero-order valence-corrected chi connectivity index (χ0v) is 13.1. The highest BCUT2D eigenvalue weighted by atomic mass is 16.5. The molecule has 0 aliphatic rings. The van der Waals surface area contributed by atoms with Crippen molar-refractivity contribution in [2.24, 2.45) is 0 Å². The second kappa shape index (κ2) is 5.89. The highest BCUT2D eigenvalue weighted by Crippen LogP contribution is 2.22. The smallest absolute Gasteiger partial charge is 0.150 e. The number of ether oxygens (including phenoxy) is 2. The number of hydrogen-bond acceptors (Lipinski definition) is 5. The summed E-state index contributed by atoms with van der Waals surface area (Å²) in [6.45, 7) is 1.90. The Morgan fingerprint density at radius 2 is 1.78 bits per heavy atom. The van der Waals surface area contributed by atoms with Gasteiger partial charge in [0.15, 0.2) is 5.82 Å². The highest BCUT2D eigenvalue weighted by molar-refractivity contribution is 5.73. The Morgan fingerprint density at radius 3 is 2.43 bits per heavy atom. The van der Waals surface area contributed by atoms with Gasteiger partial charge in [-0.2, -0.15) is 0 Å². The van der Waals surface area contributed by atoms with Crippen LogP contribution in [0.2, 0.25) is 0 Å². The molecule has 0 aliphatic heterocycles. The summed E-state index contributed by atoms with van der Waals surface area (Å²) in [5, 5.41) is 0. The molecule has 3 aromatic rings. The average molecular weight is 308 g/mol. The first kappa shape index (κ1) is 14.7. The fraction of sp³-hybridized carbons (Fsp3) is 0.176. The normalized spacial score (nSPS) is 10.2. The summed E-state index contributed by atoms with van der Waals surface area (Å²) in [5.74, 6) is 8.70. The molecule has 2 heterocycles. The van der Waals surface area contributed by atoms with Crippen molar-refractivity contribution >= 4 is 11.3 Å². The SMILES string of the molecule is COc1cc(C#Cc2nc(C)n3ccnc(N)c23)cc(OC)c1. The molecule has 0 spiro atoms. The molecular formula is C17H16N4O2. The van der Waals surface area contributed by atoms with E-state index in [1.807, 2.05) is 29.7 Å². The first-order valence-corrected chi connectivity index (χ1v) is 6.96. The zero-order valence-electron chi connectivity index (χ0n) is 13.1. The Labute approximate surface area is 133 Å². The number of hydrogen-bond donors (Lipinski definition) is 1. The largest absolute Gasteiger partial charge is 0.497 e. The number of nitrogens with zero attached hydrogens (tertiary/aromatic N) is 3. The molecule has 0 fully saturated rings. The maximum atomic E-state index is 5.95. The van der Waals surface area contributed by atoms with Crippen molar-refractivity contribution in [3.05, 3.63) is 47.7 Å². The minimum absolute atomic E-state index is 0.403. The maximum absolute atomic E-state index is 5.95. The molecule has 3 rings (SSSR count). The van der Waals surface area contributed by atoms with Crippen molar-refractivity contribution in [3.63, 3.8) is 0 Å². The number of aryl methyl sites for hydroxylation is 1. The molecule has 0 radical (unpaired) electrons. The van der Waals surface area contributed by atoms with Crippen LogP contribution < -0.4 is 15.2 Å². The van der Waals surface area contributed by atoms with Crippen LogP contribution in [0.1, 0.15) is 17.1 Å². The van der Waals surface area contributed by atoms with Crippen LogP contribution in [-0.4, -0.2) is 28.6 Å². The van der Waals surface area contributed by atoms with Gasteiger partial charge in [0, 0.05) is 24.0 Å². The lowest BCUT2D eigenvalue weighted by Gasteiger charge is -2.04. The lowest BCUT2D eigenvalue weighted by Crippen LogP contribution is -1.96. The molecule has 23 heavy (non-hydrogen) atoms. The van der Waals surface area contributed by atoms with E-state index in [0.717, 1.165) is 11.4 Å². The number of anilines is 1. The molecule has 0 amide bonds. The maximum Gasteiger partial charge on any atom is 0.150 e. The third-order valence-corrected chi connectivity index (χ3v) is 3.44. The van der Waals surface area contributed by atoms with E-state index in [0.29, 0.717) is 28.5 Å². The number of rotatable bonds is 2. The molecular weight excluding hydrogens is 292 g/mol. The fourth-order valence-electron chi connectivity index (χ4n) is 2.31. The minimum Gasteiger partial charge on any atom is -0.497 e. The number of imidazole rings is 1. The van der Waals surface area contributed by atoms with E-state index in [4.69, 9.17) is 15.2 Å². The molecule has 6 nitrogen and oxygen atoms in total. The van der Waals surface area contributed by atoms with E-state index < -0.39 is 0 Å². The van der Waals surface area contributed by atoms with Crippen LogP contribution in [0.25, 0.3) is 5.52 Å². The van der Waals surface area contributed by atoms with Gasteiger partial charge < -0.3 is 15.2 Å². The average Bonchev–Trinajstić information content (AvgIpc) is 2.90. The standard InChI is InChI=1S/C17H16N4O2/c1-11-20-15(16-17(18)19-6-7-21(11)16)5-4-12-8-13(22-2)10-14(9-12)23-3/h6-10H,1-3H3,(H2,18,19). The first-order valence-electron chi connectivity index (χ1n) is 6.96. The summed E-state index contributed by atoms with van der Waals surface area (Å²) in [6.07, 6.45) is 3.45. The Hall–Kier alpha value is -3.20. The third-order valence-electron chi connectivity index (χ3n) is 3.44. The van der Waals surface area contributed by atoms with Gasteiger partial charge in [-0.3, -0.25) is 4.40 Å². The third kappa shape index (κ3) is 2.77. The predicted octanol–water partition coefficient (Wildman–Crippen LogP) is 2.04. The van der Waals surface area contributed by atoms with E-state index in [1.54, 1.807) is 26.5 Å². The van der Waals surface area contributed by atoms with Crippen LogP contribution in [0.15, 0.2) is 30.6 Å². The second-order valence-electron chi connectivity index (χ2n) is 4.89. The van der Waals surface area contributed by atoms with E-state index in [1.165, 1.54) is 0 Å². The molecule has 0 unspecified atom stereocenters. The van der Waals surface area contributed by atoms with Gasteiger partial charge in [-0.05, 0) is 25.0 Å². The summed E-state index contributed by atoms with van der Waals surface area (Å²) < 4.78 is 12.4. The van der Waals surface area contributed by atoms with Crippen LogP contribution in [0, 0.1) is 18.8 Å². The Balaban J connectivity index is 2.09. The van der Waals surface area contributed by atoms with E-state index >= 15 is 0 Å². The summed E-state index contributed by atoms with van der Waals surface area (Å²) in [7, 11) is 3.20. The Kier molecular flexibility index (Phi) is 3.77. The number of aromatic nitrogens is 3. The Bertz CT molecular complexity index is 913. The van der Waals surface area contributed by atoms with Gasteiger partial charge in [0.05, 0.1) is 14.2 Å². The highest BCUT2D eigenvalue weighted by Gasteiger charge is 2.09. The van der Waals surface area contributed by atoms with Crippen molar-refractivity contribution in [2.45, 2.75) is 6.92 Å². The fourth-order valence-corrected chi connectivity index (χ4v) is 2.31. The number of methoxy groups -OCH3 is 2. The van der Waals surface area contributed by atoms with Crippen molar-refractivity contribution in [1.29, 1.82) is 0 Å². The molecule has 0 atom stereocenters. The Morgan fingerprint density at radius 1 is 1.09 bits per heavy atom. The summed E-state index contributed by atoms with van der Waals surface area (Å²) in [5.41, 5.74) is 8.02. The summed E-state index contributed by atoms with van der Waals surface area (Å²) in [6, 6.07) is 5.47. The van der Waals surface area contributed by atoms with Gasteiger partial charge >= 0.3 is 0 Å². The molecule has 0 saturated carbocycles. The van der Waals surface area contributed by atoms with Gasteiger partial charge in [0.25, 0.3) is 0 Å². The lowest BCUT2D eigenvalue weighted by molar-refractivity contribution is 0.394. The molecule has 0 bridgehead atoms. The number of benzene rings is 1. The summed E-state index contributed by atoms with van der Waals surface area (Å²) >= 11 is 0. The topological polar surface area (TPSA) is 74.7 Å². The van der Waals surface area contributed by atoms with Crippen LogP contribution in [0.3, 0.4) is 0 Å². The van der Waals surface area contributed by atoms with Gasteiger partial charge in [0.2, 0.25) is 0 Å². The molecule has 2 aromatic heterocycles. The molecule has 1 aromatic carbocycles. The molecule has 2 N–H and O–H groups in total. The van der Waals surface area contributed by atoms with Crippen LogP contribution in [0.5, 0.6) is 11.5 Å². The number of nitrogen functional groups attached to an aromatic ring is 1.